The Morgan fingerprint density at radius 2 is 1.84 bits per heavy atom. The molecule has 1 unspecified atom stereocenters. The summed E-state index contributed by atoms with van der Waals surface area (Å²) in [6.07, 6.45) is 0.942. The van der Waals surface area contributed by atoms with Crippen molar-refractivity contribution in [3.8, 4) is 5.75 Å². The molecule has 2 rings (SSSR count). The van der Waals surface area contributed by atoms with Crippen LogP contribution >= 0.6 is 0 Å². The van der Waals surface area contributed by atoms with Crippen LogP contribution in [0.4, 0.5) is 0 Å². The molecule has 0 saturated carbocycles. The Bertz CT molecular complexity index is 520. The normalized spacial score (nSPS) is 12.8. The zero-order valence-electron chi connectivity index (χ0n) is 11.7. The van der Waals surface area contributed by atoms with Gasteiger partial charge in [-0.25, -0.2) is 0 Å². The molecule has 2 aromatic carbocycles. The van der Waals surface area contributed by atoms with Gasteiger partial charge in [0.2, 0.25) is 0 Å². The molecular weight excluding hydrogens is 236 g/mol. The molecule has 0 bridgehead atoms. The summed E-state index contributed by atoms with van der Waals surface area (Å²) in [6, 6.07) is 14.8. The van der Waals surface area contributed by atoms with Gasteiger partial charge in [0.25, 0.3) is 0 Å². The van der Waals surface area contributed by atoms with Crippen molar-refractivity contribution < 1.29 is 4.74 Å². The molecule has 3 nitrogen and oxygen atoms in total. The number of ether oxygens (including phenoxy) is 1. The van der Waals surface area contributed by atoms with Gasteiger partial charge in [-0.1, -0.05) is 36.4 Å². The van der Waals surface area contributed by atoms with Crippen molar-refractivity contribution in [3.63, 3.8) is 0 Å². The largest absolute Gasteiger partial charge is 0.491 e. The van der Waals surface area contributed by atoms with Crippen molar-refractivity contribution in [2.24, 2.45) is 5.73 Å². The highest BCUT2D eigenvalue weighted by molar-refractivity contribution is 5.88. The summed E-state index contributed by atoms with van der Waals surface area (Å²) >= 11 is 0. The first kappa shape index (κ1) is 13.8. The molecule has 0 radical (unpaired) electrons. The molecule has 2 aromatic rings. The Kier molecular flexibility index (Phi) is 4.77. The molecule has 3 heteroatoms. The van der Waals surface area contributed by atoms with Crippen LogP contribution < -0.4 is 10.5 Å². The van der Waals surface area contributed by atoms with E-state index in [1.165, 1.54) is 5.39 Å². The van der Waals surface area contributed by atoms with E-state index in [9.17, 15) is 0 Å². The average Bonchev–Trinajstić information content (AvgIpc) is 2.43. The lowest BCUT2D eigenvalue weighted by Gasteiger charge is -2.24. The van der Waals surface area contributed by atoms with Gasteiger partial charge in [-0.05, 0) is 38.5 Å². The number of nitrogens with zero attached hydrogens (tertiary/aromatic N) is 1. The molecule has 0 aliphatic heterocycles. The average molecular weight is 258 g/mol. The minimum Gasteiger partial charge on any atom is -0.491 e. The maximum Gasteiger partial charge on any atom is 0.127 e. The summed E-state index contributed by atoms with van der Waals surface area (Å²) in [4.78, 5) is 2.16. The maximum absolute atomic E-state index is 6.00. The van der Waals surface area contributed by atoms with Crippen LogP contribution in [0.2, 0.25) is 0 Å². The van der Waals surface area contributed by atoms with Gasteiger partial charge in [0, 0.05) is 11.4 Å². The fourth-order valence-electron chi connectivity index (χ4n) is 2.19. The third-order valence-electron chi connectivity index (χ3n) is 3.41. The van der Waals surface area contributed by atoms with E-state index in [0.717, 1.165) is 17.6 Å². The van der Waals surface area contributed by atoms with E-state index in [4.69, 9.17) is 10.5 Å². The van der Waals surface area contributed by atoms with Crippen molar-refractivity contribution in [2.45, 2.75) is 12.5 Å². The van der Waals surface area contributed by atoms with Gasteiger partial charge in [-0.15, -0.1) is 0 Å². The van der Waals surface area contributed by atoms with Crippen molar-refractivity contribution in [3.05, 3.63) is 42.5 Å². The number of nitrogens with two attached hydrogens (primary N) is 1. The molecular formula is C16H22N2O. The molecule has 0 heterocycles. The van der Waals surface area contributed by atoms with Gasteiger partial charge < -0.3 is 15.4 Å². The Morgan fingerprint density at radius 1 is 1.11 bits per heavy atom. The zero-order chi connectivity index (χ0) is 13.7. The van der Waals surface area contributed by atoms with Gasteiger partial charge >= 0.3 is 0 Å². The molecule has 0 aliphatic rings. The number of likely N-dealkylation sites (N-methyl/N-ethyl adjacent to an activating group) is 1. The highest BCUT2D eigenvalue weighted by Gasteiger charge is 2.12. The number of fused-ring (bicyclic) bond motifs is 1. The van der Waals surface area contributed by atoms with Crippen LogP contribution in [0.15, 0.2) is 42.5 Å². The van der Waals surface area contributed by atoms with E-state index in [0.29, 0.717) is 19.2 Å². The second-order valence-corrected chi connectivity index (χ2v) is 4.98. The monoisotopic (exact) mass is 258 g/mol. The Hall–Kier alpha value is -1.58. The second-order valence-electron chi connectivity index (χ2n) is 4.98. The van der Waals surface area contributed by atoms with Gasteiger partial charge in [0.1, 0.15) is 12.4 Å². The lowest BCUT2D eigenvalue weighted by Crippen LogP contribution is -2.35. The van der Waals surface area contributed by atoms with Gasteiger partial charge in [0.05, 0.1) is 0 Å². The van der Waals surface area contributed by atoms with Crippen LogP contribution in [-0.4, -0.2) is 38.2 Å². The highest BCUT2D eigenvalue weighted by Crippen LogP contribution is 2.25. The zero-order valence-corrected chi connectivity index (χ0v) is 11.7. The summed E-state index contributed by atoms with van der Waals surface area (Å²) in [5, 5.41) is 2.37. The predicted molar refractivity (Wildman–Crippen MR) is 80.6 cm³/mol. The molecule has 0 aliphatic carbocycles. The van der Waals surface area contributed by atoms with Crippen LogP contribution in [0, 0.1) is 0 Å². The molecule has 0 aromatic heterocycles. The van der Waals surface area contributed by atoms with Crippen molar-refractivity contribution in [1.29, 1.82) is 0 Å². The first-order chi connectivity index (χ1) is 9.22. The van der Waals surface area contributed by atoms with Gasteiger partial charge in [0.15, 0.2) is 0 Å². The quantitative estimate of drug-likeness (QED) is 0.865. The smallest absolute Gasteiger partial charge is 0.127 e. The summed E-state index contributed by atoms with van der Waals surface area (Å²) in [7, 11) is 4.12. The third kappa shape index (κ3) is 3.46. The topological polar surface area (TPSA) is 38.5 Å². The lowest BCUT2D eigenvalue weighted by molar-refractivity contribution is 0.180. The van der Waals surface area contributed by atoms with Crippen LogP contribution in [0.3, 0.4) is 0 Å². The van der Waals surface area contributed by atoms with E-state index in [-0.39, 0.29) is 0 Å². The minimum absolute atomic E-state index is 0.351. The molecule has 0 amide bonds. The summed E-state index contributed by atoms with van der Waals surface area (Å²) < 4.78 is 6.00. The van der Waals surface area contributed by atoms with Crippen LogP contribution in [-0.2, 0) is 0 Å². The SMILES string of the molecule is CN(C)C(CCN)COc1cccc2ccccc12. The molecule has 19 heavy (non-hydrogen) atoms. The maximum atomic E-state index is 6.00. The lowest BCUT2D eigenvalue weighted by atomic mass is 10.1. The predicted octanol–water partition coefficient (Wildman–Crippen LogP) is 2.50. The fourth-order valence-corrected chi connectivity index (χ4v) is 2.19. The van der Waals surface area contributed by atoms with Crippen LogP contribution in [0.1, 0.15) is 6.42 Å². The molecule has 0 fully saturated rings. The standard InChI is InChI=1S/C16H22N2O/c1-18(2)14(10-11-17)12-19-16-9-5-7-13-6-3-4-8-15(13)16/h3-9,14H,10-12,17H2,1-2H3. The van der Waals surface area contributed by atoms with Crippen molar-refractivity contribution in [1.82, 2.24) is 4.90 Å². The Balaban J connectivity index is 2.13. The van der Waals surface area contributed by atoms with E-state index in [2.05, 4.69) is 37.2 Å². The molecule has 0 saturated heterocycles. The van der Waals surface area contributed by atoms with E-state index < -0.39 is 0 Å². The highest BCUT2D eigenvalue weighted by atomic mass is 16.5. The third-order valence-corrected chi connectivity index (χ3v) is 3.41. The first-order valence-electron chi connectivity index (χ1n) is 6.69. The van der Waals surface area contributed by atoms with Crippen LogP contribution in [0.25, 0.3) is 10.8 Å². The summed E-state index contributed by atoms with van der Waals surface area (Å²) in [6.45, 7) is 1.35. The number of hydrogen-bond donors (Lipinski definition) is 1. The number of rotatable bonds is 6. The molecule has 1 atom stereocenters. The van der Waals surface area contributed by atoms with Crippen molar-refractivity contribution in [2.75, 3.05) is 27.2 Å². The molecule has 2 N–H and O–H groups in total. The minimum atomic E-state index is 0.351. The Labute approximate surface area is 115 Å². The van der Waals surface area contributed by atoms with Crippen molar-refractivity contribution >= 4 is 10.8 Å². The van der Waals surface area contributed by atoms with Gasteiger partial charge in [-0.3, -0.25) is 0 Å². The molecule has 102 valence electrons. The van der Waals surface area contributed by atoms with Gasteiger partial charge in [-0.2, -0.15) is 0 Å². The summed E-state index contributed by atoms with van der Waals surface area (Å²) in [5.41, 5.74) is 5.64. The fraction of sp³-hybridized carbons (Fsp3) is 0.375. The van der Waals surface area contributed by atoms with E-state index in [1.54, 1.807) is 0 Å². The first-order valence-corrected chi connectivity index (χ1v) is 6.69. The summed E-state index contributed by atoms with van der Waals surface area (Å²) in [5.74, 6) is 0.946. The number of hydrogen-bond acceptors (Lipinski definition) is 3. The van der Waals surface area contributed by atoms with E-state index >= 15 is 0 Å². The Morgan fingerprint density at radius 3 is 2.58 bits per heavy atom. The number of benzene rings is 2. The molecule has 0 spiro atoms. The van der Waals surface area contributed by atoms with E-state index in [1.807, 2.05) is 24.3 Å². The second kappa shape index (κ2) is 6.55. The van der Waals surface area contributed by atoms with Crippen LogP contribution in [0.5, 0.6) is 5.75 Å².